The van der Waals surface area contributed by atoms with Gasteiger partial charge in [0.15, 0.2) is 13.2 Å². The van der Waals surface area contributed by atoms with Gasteiger partial charge in [0, 0.05) is 11.8 Å². The number of benzene rings is 2. The molecule has 2 aromatic carbocycles. The molecule has 0 aliphatic carbocycles. The SMILES string of the molecule is O=C(COC(=O)COc1cccc(F)c1)Nc1ccc(OC(F)F)cc1. The summed E-state index contributed by atoms with van der Waals surface area (Å²) in [5.41, 5.74) is 0.309. The number of carbonyl (C=O) groups excluding carboxylic acids is 2. The maximum absolute atomic E-state index is 12.9. The zero-order valence-corrected chi connectivity index (χ0v) is 13.3. The number of halogens is 3. The molecule has 0 aliphatic heterocycles. The maximum atomic E-state index is 12.9. The highest BCUT2D eigenvalue weighted by atomic mass is 19.3. The van der Waals surface area contributed by atoms with E-state index in [-0.39, 0.29) is 11.5 Å². The van der Waals surface area contributed by atoms with Crippen LogP contribution in [0.25, 0.3) is 0 Å². The Hall–Kier alpha value is -3.23. The van der Waals surface area contributed by atoms with E-state index >= 15 is 0 Å². The number of anilines is 1. The van der Waals surface area contributed by atoms with E-state index in [0.29, 0.717) is 5.69 Å². The third-order valence-corrected chi connectivity index (χ3v) is 2.88. The summed E-state index contributed by atoms with van der Waals surface area (Å²) in [4.78, 5) is 23.2. The Kier molecular flexibility index (Phi) is 6.84. The van der Waals surface area contributed by atoms with Crippen LogP contribution in [0, 0.1) is 5.82 Å². The predicted molar refractivity (Wildman–Crippen MR) is 84.6 cm³/mol. The summed E-state index contributed by atoms with van der Waals surface area (Å²) in [5, 5.41) is 2.41. The standard InChI is InChI=1S/C17H14F3NO5/c18-11-2-1-3-14(8-11)24-10-16(23)25-9-15(22)21-12-4-6-13(7-5-12)26-17(19)20/h1-8,17H,9-10H2,(H,21,22). The summed E-state index contributed by atoms with van der Waals surface area (Å²) in [6.07, 6.45) is 0. The van der Waals surface area contributed by atoms with Gasteiger partial charge < -0.3 is 19.5 Å². The number of hydrogen-bond acceptors (Lipinski definition) is 5. The zero-order chi connectivity index (χ0) is 18.9. The van der Waals surface area contributed by atoms with Gasteiger partial charge in [0.05, 0.1) is 0 Å². The molecule has 0 aliphatic rings. The van der Waals surface area contributed by atoms with E-state index < -0.39 is 37.5 Å². The molecule has 0 saturated heterocycles. The molecule has 0 fully saturated rings. The molecule has 1 N–H and O–H groups in total. The average Bonchev–Trinajstić information content (AvgIpc) is 2.59. The van der Waals surface area contributed by atoms with Crippen LogP contribution in [0.3, 0.4) is 0 Å². The van der Waals surface area contributed by atoms with Crippen LogP contribution in [0.15, 0.2) is 48.5 Å². The second-order valence-electron chi connectivity index (χ2n) is 4.86. The Balaban J connectivity index is 1.71. The van der Waals surface area contributed by atoms with Gasteiger partial charge in [-0.2, -0.15) is 8.78 Å². The first-order valence-electron chi connectivity index (χ1n) is 7.31. The third-order valence-electron chi connectivity index (χ3n) is 2.88. The number of amides is 1. The zero-order valence-electron chi connectivity index (χ0n) is 13.3. The quantitative estimate of drug-likeness (QED) is 0.724. The van der Waals surface area contributed by atoms with Crippen molar-refractivity contribution in [3.8, 4) is 11.5 Å². The lowest BCUT2D eigenvalue weighted by Crippen LogP contribution is -2.23. The van der Waals surface area contributed by atoms with Crippen LogP contribution >= 0.6 is 0 Å². The highest BCUT2D eigenvalue weighted by molar-refractivity contribution is 5.92. The third kappa shape index (κ3) is 6.71. The molecule has 26 heavy (non-hydrogen) atoms. The number of hydrogen-bond donors (Lipinski definition) is 1. The molecule has 9 heteroatoms. The first-order chi connectivity index (χ1) is 12.4. The minimum Gasteiger partial charge on any atom is -0.482 e. The molecule has 2 rings (SSSR count). The minimum absolute atomic E-state index is 0.0566. The van der Waals surface area contributed by atoms with Crippen LogP contribution in [0.5, 0.6) is 11.5 Å². The van der Waals surface area contributed by atoms with Gasteiger partial charge in [-0.15, -0.1) is 0 Å². The Morgan fingerprint density at radius 1 is 1.00 bits per heavy atom. The molecule has 0 unspecified atom stereocenters. The second-order valence-corrected chi connectivity index (χ2v) is 4.86. The fourth-order valence-electron chi connectivity index (χ4n) is 1.80. The van der Waals surface area contributed by atoms with Gasteiger partial charge in [-0.25, -0.2) is 9.18 Å². The number of nitrogens with one attached hydrogen (secondary N) is 1. The topological polar surface area (TPSA) is 73.9 Å². The lowest BCUT2D eigenvalue weighted by atomic mass is 10.3. The van der Waals surface area contributed by atoms with Crippen LogP contribution in [-0.2, 0) is 14.3 Å². The largest absolute Gasteiger partial charge is 0.482 e. The average molecular weight is 369 g/mol. The molecule has 0 atom stereocenters. The number of carbonyl (C=O) groups is 2. The van der Waals surface area contributed by atoms with Crippen molar-refractivity contribution in [1.82, 2.24) is 0 Å². The Morgan fingerprint density at radius 2 is 1.73 bits per heavy atom. The van der Waals surface area contributed by atoms with Crippen molar-refractivity contribution >= 4 is 17.6 Å². The van der Waals surface area contributed by atoms with Gasteiger partial charge in [-0.05, 0) is 36.4 Å². The molecule has 0 spiro atoms. The fraction of sp³-hybridized carbons (Fsp3) is 0.176. The summed E-state index contributed by atoms with van der Waals surface area (Å²) in [5.74, 6) is -1.87. The van der Waals surface area contributed by atoms with Gasteiger partial charge in [-0.3, -0.25) is 4.79 Å². The van der Waals surface area contributed by atoms with E-state index in [1.54, 1.807) is 0 Å². The monoisotopic (exact) mass is 369 g/mol. The van der Waals surface area contributed by atoms with Gasteiger partial charge in [0.1, 0.15) is 17.3 Å². The fourth-order valence-corrected chi connectivity index (χ4v) is 1.80. The first-order valence-corrected chi connectivity index (χ1v) is 7.31. The summed E-state index contributed by atoms with van der Waals surface area (Å²) in [6.45, 7) is -4.00. The van der Waals surface area contributed by atoms with Crippen molar-refractivity contribution in [2.45, 2.75) is 6.61 Å². The van der Waals surface area contributed by atoms with Crippen molar-refractivity contribution in [2.75, 3.05) is 18.5 Å². The van der Waals surface area contributed by atoms with Crippen molar-refractivity contribution in [3.05, 3.63) is 54.3 Å². The number of esters is 1. The Bertz CT molecular complexity index is 752. The van der Waals surface area contributed by atoms with Gasteiger partial charge in [0.25, 0.3) is 5.91 Å². The maximum Gasteiger partial charge on any atom is 0.387 e. The van der Waals surface area contributed by atoms with Crippen LogP contribution < -0.4 is 14.8 Å². The van der Waals surface area contributed by atoms with Crippen molar-refractivity contribution in [3.63, 3.8) is 0 Å². The Morgan fingerprint density at radius 3 is 2.38 bits per heavy atom. The van der Waals surface area contributed by atoms with E-state index in [1.807, 2.05) is 0 Å². The molecule has 1 amide bonds. The van der Waals surface area contributed by atoms with Crippen LogP contribution in [0.2, 0.25) is 0 Å². The van der Waals surface area contributed by atoms with Gasteiger partial charge in [0.2, 0.25) is 0 Å². The van der Waals surface area contributed by atoms with Gasteiger partial charge in [-0.1, -0.05) is 6.07 Å². The molecule has 2 aromatic rings. The van der Waals surface area contributed by atoms with Crippen molar-refractivity contribution < 1.29 is 37.0 Å². The van der Waals surface area contributed by atoms with Crippen LogP contribution in [-0.4, -0.2) is 31.7 Å². The lowest BCUT2D eigenvalue weighted by Gasteiger charge is -2.09. The molecular formula is C17H14F3NO5. The number of ether oxygens (including phenoxy) is 3. The molecule has 6 nitrogen and oxygen atoms in total. The molecule has 0 radical (unpaired) electrons. The summed E-state index contributed by atoms with van der Waals surface area (Å²) < 4.78 is 50.9. The highest BCUT2D eigenvalue weighted by Gasteiger charge is 2.10. The number of rotatable bonds is 8. The normalized spacial score (nSPS) is 10.3. The van der Waals surface area contributed by atoms with E-state index in [4.69, 9.17) is 9.47 Å². The summed E-state index contributed by atoms with van der Waals surface area (Å²) in [6, 6.07) is 10.4. The minimum atomic E-state index is -2.94. The van der Waals surface area contributed by atoms with Crippen molar-refractivity contribution in [1.29, 1.82) is 0 Å². The molecular weight excluding hydrogens is 355 g/mol. The van der Waals surface area contributed by atoms with Crippen LogP contribution in [0.4, 0.5) is 18.9 Å². The van der Waals surface area contributed by atoms with Crippen LogP contribution in [0.1, 0.15) is 0 Å². The Labute approximate surface area is 146 Å². The van der Waals surface area contributed by atoms with E-state index in [9.17, 15) is 22.8 Å². The smallest absolute Gasteiger partial charge is 0.387 e. The van der Waals surface area contributed by atoms with E-state index in [0.717, 1.165) is 6.07 Å². The summed E-state index contributed by atoms with van der Waals surface area (Å²) >= 11 is 0. The highest BCUT2D eigenvalue weighted by Crippen LogP contribution is 2.17. The summed E-state index contributed by atoms with van der Waals surface area (Å²) in [7, 11) is 0. The van der Waals surface area contributed by atoms with Crippen molar-refractivity contribution in [2.24, 2.45) is 0 Å². The van der Waals surface area contributed by atoms with Gasteiger partial charge >= 0.3 is 12.6 Å². The predicted octanol–water partition coefficient (Wildman–Crippen LogP) is 2.99. The molecule has 0 heterocycles. The molecule has 138 valence electrons. The van der Waals surface area contributed by atoms with E-state index in [2.05, 4.69) is 10.1 Å². The number of alkyl halides is 2. The molecule has 0 bridgehead atoms. The second kappa shape index (κ2) is 9.30. The molecule has 0 aromatic heterocycles. The first kappa shape index (κ1) is 19.1. The molecule has 0 saturated carbocycles. The lowest BCUT2D eigenvalue weighted by molar-refractivity contribution is -0.149. The van der Waals surface area contributed by atoms with E-state index in [1.165, 1.54) is 42.5 Å².